The predicted octanol–water partition coefficient (Wildman–Crippen LogP) is 2.92. The van der Waals surface area contributed by atoms with Crippen LogP contribution in [0.1, 0.15) is 16.8 Å². The SMILES string of the molecule is Cc1ccc(OCc2nn(C)c3ccccc23)c(CN)c1. The van der Waals surface area contributed by atoms with Crippen molar-refractivity contribution >= 4 is 10.9 Å². The van der Waals surface area contributed by atoms with Crippen molar-refractivity contribution in [1.82, 2.24) is 9.78 Å². The fourth-order valence-electron chi connectivity index (χ4n) is 2.55. The molecule has 3 rings (SSSR count). The van der Waals surface area contributed by atoms with Crippen LogP contribution in [0.3, 0.4) is 0 Å². The van der Waals surface area contributed by atoms with E-state index in [-0.39, 0.29) is 0 Å². The van der Waals surface area contributed by atoms with Crippen molar-refractivity contribution < 1.29 is 4.74 Å². The third-order valence-electron chi connectivity index (χ3n) is 3.63. The molecule has 3 aromatic rings. The molecule has 0 saturated heterocycles. The van der Waals surface area contributed by atoms with Gasteiger partial charge in [0, 0.05) is 24.5 Å². The molecule has 0 spiro atoms. The molecule has 2 aromatic carbocycles. The maximum absolute atomic E-state index is 5.93. The molecule has 0 aliphatic rings. The molecule has 4 nitrogen and oxygen atoms in total. The first-order valence-corrected chi connectivity index (χ1v) is 7.02. The van der Waals surface area contributed by atoms with Gasteiger partial charge in [0.05, 0.1) is 5.52 Å². The van der Waals surface area contributed by atoms with Gasteiger partial charge in [0.25, 0.3) is 0 Å². The first-order valence-electron chi connectivity index (χ1n) is 7.02. The van der Waals surface area contributed by atoms with Crippen LogP contribution in [0.5, 0.6) is 5.75 Å². The minimum Gasteiger partial charge on any atom is -0.487 e. The van der Waals surface area contributed by atoms with E-state index in [0.29, 0.717) is 13.2 Å². The minimum atomic E-state index is 0.442. The van der Waals surface area contributed by atoms with Crippen LogP contribution in [0.2, 0.25) is 0 Å². The average molecular weight is 281 g/mol. The van der Waals surface area contributed by atoms with Gasteiger partial charge < -0.3 is 10.5 Å². The summed E-state index contributed by atoms with van der Waals surface area (Å²) < 4.78 is 7.82. The van der Waals surface area contributed by atoms with Crippen molar-refractivity contribution in [2.45, 2.75) is 20.1 Å². The zero-order valence-corrected chi connectivity index (χ0v) is 12.3. The first kappa shape index (κ1) is 13.6. The second-order valence-corrected chi connectivity index (χ2v) is 5.19. The van der Waals surface area contributed by atoms with Crippen LogP contribution in [-0.2, 0) is 20.2 Å². The number of benzene rings is 2. The fraction of sp³-hybridized carbons (Fsp3) is 0.235. The minimum absolute atomic E-state index is 0.442. The van der Waals surface area contributed by atoms with Crippen molar-refractivity contribution in [3.8, 4) is 5.75 Å². The van der Waals surface area contributed by atoms with Crippen molar-refractivity contribution in [2.75, 3.05) is 0 Å². The average Bonchev–Trinajstić information content (AvgIpc) is 2.83. The summed E-state index contributed by atoms with van der Waals surface area (Å²) in [6.07, 6.45) is 0. The Morgan fingerprint density at radius 3 is 2.81 bits per heavy atom. The molecule has 1 heterocycles. The summed E-state index contributed by atoms with van der Waals surface area (Å²) in [5.41, 5.74) is 10.0. The van der Waals surface area contributed by atoms with Gasteiger partial charge in [0.2, 0.25) is 0 Å². The maximum Gasteiger partial charge on any atom is 0.133 e. The molecule has 0 bridgehead atoms. The van der Waals surface area contributed by atoms with Crippen LogP contribution in [0.25, 0.3) is 10.9 Å². The smallest absolute Gasteiger partial charge is 0.133 e. The molecule has 1 aromatic heterocycles. The number of aryl methyl sites for hydroxylation is 2. The number of aromatic nitrogens is 2. The molecule has 4 heteroatoms. The van der Waals surface area contributed by atoms with Crippen molar-refractivity contribution in [2.24, 2.45) is 12.8 Å². The Labute approximate surface area is 124 Å². The van der Waals surface area contributed by atoms with E-state index in [1.165, 1.54) is 5.56 Å². The van der Waals surface area contributed by atoms with Crippen LogP contribution < -0.4 is 10.5 Å². The lowest BCUT2D eigenvalue weighted by molar-refractivity contribution is 0.298. The van der Waals surface area contributed by atoms with Gasteiger partial charge in [-0.2, -0.15) is 5.10 Å². The van der Waals surface area contributed by atoms with E-state index in [0.717, 1.165) is 27.9 Å². The van der Waals surface area contributed by atoms with Crippen LogP contribution in [0.4, 0.5) is 0 Å². The number of rotatable bonds is 4. The Hall–Kier alpha value is -2.33. The Balaban J connectivity index is 1.87. The fourth-order valence-corrected chi connectivity index (χ4v) is 2.55. The molecule has 0 aliphatic carbocycles. The van der Waals surface area contributed by atoms with E-state index in [1.54, 1.807) is 0 Å². The van der Waals surface area contributed by atoms with Gasteiger partial charge in [0.15, 0.2) is 0 Å². The molecule has 0 saturated carbocycles. The highest BCUT2D eigenvalue weighted by Gasteiger charge is 2.09. The van der Waals surface area contributed by atoms with E-state index < -0.39 is 0 Å². The zero-order valence-electron chi connectivity index (χ0n) is 12.3. The molecule has 0 unspecified atom stereocenters. The van der Waals surface area contributed by atoms with Crippen LogP contribution >= 0.6 is 0 Å². The lowest BCUT2D eigenvalue weighted by atomic mass is 10.1. The number of ether oxygens (including phenoxy) is 1. The van der Waals surface area contributed by atoms with Crippen LogP contribution in [-0.4, -0.2) is 9.78 Å². The van der Waals surface area contributed by atoms with Gasteiger partial charge in [-0.3, -0.25) is 4.68 Å². The largest absolute Gasteiger partial charge is 0.487 e. The third-order valence-corrected chi connectivity index (χ3v) is 3.63. The number of nitrogens with zero attached hydrogens (tertiary/aromatic N) is 2. The summed E-state index contributed by atoms with van der Waals surface area (Å²) in [7, 11) is 1.95. The number of nitrogens with two attached hydrogens (primary N) is 1. The highest BCUT2D eigenvalue weighted by atomic mass is 16.5. The van der Waals surface area contributed by atoms with Gasteiger partial charge in [-0.25, -0.2) is 0 Å². The maximum atomic E-state index is 5.93. The van der Waals surface area contributed by atoms with Crippen LogP contribution in [0, 0.1) is 6.92 Å². The van der Waals surface area contributed by atoms with Gasteiger partial charge in [-0.05, 0) is 19.1 Å². The summed E-state index contributed by atoms with van der Waals surface area (Å²) >= 11 is 0. The molecule has 0 amide bonds. The molecule has 108 valence electrons. The number of fused-ring (bicyclic) bond motifs is 1. The standard InChI is InChI=1S/C17H19N3O/c1-12-7-8-17(13(9-12)10-18)21-11-15-14-5-3-4-6-16(14)20(2)19-15/h3-9H,10-11,18H2,1-2H3. The van der Waals surface area contributed by atoms with E-state index in [1.807, 2.05) is 36.0 Å². The molecular weight excluding hydrogens is 262 g/mol. The lowest BCUT2D eigenvalue weighted by Crippen LogP contribution is -2.04. The second-order valence-electron chi connectivity index (χ2n) is 5.19. The highest BCUT2D eigenvalue weighted by molar-refractivity contribution is 5.81. The molecule has 0 fully saturated rings. The van der Waals surface area contributed by atoms with Gasteiger partial charge in [0.1, 0.15) is 18.1 Å². The van der Waals surface area contributed by atoms with Gasteiger partial charge in [-0.15, -0.1) is 0 Å². The van der Waals surface area contributed by atoms with Crippen LogP contribution in [0.15, 0.2) is 42.5 Å². The Morgan fingerprint density at radius 1 is 1.19 bits per heavy atom. The Bertz CT molecular complexity index is 777. The van der Waals surface area contributed by atoms with E-state index in [2.05, 4.69) is 30.2 Å². The highest BCUT2D eigenvalue weighted by Crippen LogP contribution is 2.23. The zero-order chi connectivity index (χ0) is 14.8. The molecule has 0 radical (unpaired) electrons. The van der Waals surface area contributed by atoms with E-state index in [4.69, 9.17) is 10.5 Å². The van der Waals surface area contributed by atoms with Crippen molar-refractivity contribution in [3.05, 3.63) is 59.3 Å². The summed E-state index contributed by atoms with van der Waals surface area (Å²) in [6, 6.07) is 14.2. The first-order chi connectivity index (χ1) is 10.2. The monoisotopic (exact) mass is 281 g/mol. The van der Waals surface area contributed by atoms with Crippen molar-refractivity contribution in [3.63, 3.8) is 0 Å². The lowest BCUT2D eigenvalue weighted by Gasteiger charge is -2.10. The topological polar surface area (TPSA) is 53.1 Å². The third kappa shape index (κ3) is 2.62. The molecule has 21 heavy (non-hydrogen) atoms. The summed E-state index contributed by atoms with van der Waals surface area (Å²) in [4.78, 5) is 0. The number of para-hydroxylation sites is 1. The summed E-state index contributed by atoms with van der Waals surface area (Å²) in [5.74, 6) is 0.831. The van der Waals surface area contributed by atoms with E-state index in [9.17, 15) is 0 Å². The van der Waals surface area contributed by atoms with Gasteiger partial charge in [-0.1, -0.05) is 35.9 Å². The second kappa shape index (κ2) is 5.58. The molecule has 2 N–H and O–H groups in total. The normalized spacial score (nSPS) is 11.0. The van der Waals surface area contributed by atoms with Crippen molar-refractivity contribution in [1.29, 1.82) is 0 Å². The molecular formula is C17H19N3O. The quantitative estimate of drug-likeness (QED) is 0.800. The Kier molecular flexibility index (Phi) is 3.62. The Morgan fingerprint density at radius 2 is 2.00 bits per heavy atom. The van der Waals surface area contributed by atoms with Gasteiger partial charge >= 0.3 is 0 Å². The number of hydrogen-bond donors (Lipinski definition) is 1. The summed E-state index contributed by atoms with van der Waals surface area (Å²) in [6.45, 7) is 2.96. The number of hydrogen-bond acceptors (Lipinski definition) is 3. The van der Waals surface area contributed by atoms with E-state index >= 15 is 0 Å². The predicted molar refractivity (Wildman–Crippen MR) is 84.1 cm³/mol. The molecule has 0 aliphatic heterocycles. The molecule has 0 atom stereocenters. The summed E-state index contributed by atoms with van der Waals surface area (Å²) in [5, 5.41) is 5.66.